The van der Waals surface area contributed by atoms with Gasteiger partial charge in [-0.1, -0.05) is 0 Å². The largest absolute Gasteiger partial charge is 0.508 e. The maximum atomic E-state index is 14.1. The van der Waals surface area contributed by atoms with Gasteiger partial charge < -0.3 is 59.1 Å². The molecule has 7 rings (SSSR count). The first-order valence-electron chi connectivity index (χ1n) is 19.1. The quantitative estimate of drug-likeness (QED) is 0.0445. The number of hydrogen-bond acceptors (Lipinski definition) is 16. The molecule has 322 valence electrons. The molecule has 0 radical (unpaired) electrons. The van der Waals surface area contributed by atoms with Crippen LogP contribution in [0.15, 0.2) is 46.0 Å². The minimum Gasteiger partial charge on any atom is -0.508 e. The Labute approximate surface area is 351 Å². The number of esters is 2. The Morgan fingerprint density at radius 1 is 0.500 bits per heavy atom. The van der Waals surface area contributed by atoms with Crippen LogP contribution >= 0.6 is 0 Å². The molecule has 0 aliphatic carbocycles. The van der Waals surface area contributed by atoms with E-state index in [1.54, 1.807) is 0 Å². The van der Waals surface area contributed by atoms with E-state index in [-0.39, 0.29) is 124 Å². The van der Waals surface area contributed by atoms with Gasteiger partial charge in [-0.25, -0.2) is 9.59 Å². The van der Waals surface area contributed by atoms with E-state index in [0.717, 1.165) is 24.3 Å². The molecule has 7 aromatic rings. The van der Waals surface area contributed by atoms with Crippen molar-refractivity contribution >= 4 is 55.0 Å². The van der Waals surface area contributed by atoms with E-state index < -0.39 is 58.0 Å². The van der Waals surface area contributed by atoms with Gasteiger partial charge in [-0.2, -0.15) is 0 Å². The molecule has 0 unspecified atom stereocenters. The summed E-state index contributed by atoms with van der Waals surface area (Å²) in [5.74, 6) is -5.00. The van der Waals surface area contributed by atoms with Crippen molar-refractivity contribution in [2.24, 2.45) is 0 Å². The van der Waals surface area contributed by atoms with Crippen LogP contribution in [0, 0.1) is 13.8 Å². The van der Waals surface area contributed by atoms with Crippen molar-refractivity contribution in [1.29, 1.82) is 0 Å². The number of methoxy groups -OCH3 is 4. The van der Waals surface area contributed by atoms with Crippen LogP contribution < -0.4 is 29.8 Å². The summed E-state index contributed by atoms with van der Waals surface area (Å²) >= 11 is 0. The van der Waals surface area contributed by atoms with E-state index in [9.17, 15) is 49.8 Å². The van der Waals surface area contributed by atoms with Crippen LogP contribution in [0.1, 0.15) is 56.8 Å². The number of phenolic OH excluding ortho intramolecular Hbond substituents is 6. The number of fused-ring (bicyclic) bond motifs is 2. The number of hydrogen-bond donors (Lipinski definition) is 6. The van der Waals surface area contributed by atoms with Gasteiger partial charge in [-0.3, -0.25) is 9.59 Å². The molecule has 0 amide bonds. The maximum absolute atomic E-state index is 14.1. The Balaban J connectivity index is 1.60. The van der Waals surface area contributed by atoms with Crippen LogP contribution in [0.3, 0.4) is 0 Å². The minimum absolute atomic E-state index is 0.0177. The second-order valence-corrected chi connectivity index (χ2v) is 15.0. The lowest BCUT2D eigenvalue weighted by Gasteiger charge is -2.26. The van der Waals surface area contributed by atoms with E-state index in [1.807, 2.05) is 0 Å². The van der Waals surface area contributed by atoms with Gasteiger partial charge in [0.15, 0.2) is 33.9 Å². The lowest BCUT2D eigenvalue weighted by Crippen LogP contribution is -2.20. The molecule has 7 aromatic carbocycles. The molecule has 2 atom stereocenters. The van der Waals surface area contributed by atoms with Gasteiger partial charge >= 0.3 is 11.9 Å². The van der Waals surface area contributed by atoms with Crippen LogP contribution in [0.2, 0.25) is 0 Å². The first-order valence-corrected chi connectivity index (χ1v) is 19.1. The third-order valence-electron chi connectivity index (χ3n) is 11.0. The summed E-state index contributed by atoms with van der Waals surface area (Å²) in [6.45, 7) is 6.07. The summed E-state index contributed by atoms with van der Waals surface area (Å²) in [5.41, 5.74) is -1.01. The first-order chi connectivity index (χ1) is 29.4. The zero-order valence-electron chi connectivity index (χ0n) is 34.8. The highest BCUT2D eigenvalue weighted by molar-refractivity contribution is 6.38. The Kier molecular flexibility index (Phi) is 10.8. The fourth-order valence-electron chi connectivity index (χ4n) is 8.65. The van der Waals surface area contributed by atoms with E-state index in [4.69, 9.17) is 28.4 Å². The van der Waals surface area contributed by atoms with E-state index in [0.29, 0.717) is 0 Å². The standard InChI is InChI=1S/C46H42O16/c1-17-9-21(47)13-25(49)31(17)45(55)61-19(3)11-23-33-34-24(12-20(4)62-46(56)32-18(2)10-22(48)14-26(32)50)44(60-8)42(54)36-28(52)16-30(58-6)38(40(34)36)37-29(57-5)15-27(51)35(39(33)37)41(53)43(23)59-7/h9-10,13-16,19-20,47-50,53-54H,11-12H2,1-8H3/t19-,20-/m1/s1. The third-order valence-corrected chi connectivity index (χ3v) is 11.0. The summed E-state index contributed by atoms with van der Waals surface area (Å²) in [6, 6.07) is 6.85. The SMILES string of the molecule is COc1c(O)c2c(=O)cc(OC)c3c4c(OC)cc(=O)c5c(O)c(OC)c(C[C@@H](C)OC(=O)c6c(C)cc(O)cc6O)c(c(c1C[C@@H](C)OC(=O)c1c(C)cc(O)cc1O)c23)c54. The number of benzene rings is 7. The molecule has 16 nitrogen and oxygen atoms in total. The highest BCUT2D eigenvalue weighted by atomic mass is 16.5. The van der Waals surface area contributed by atoms with Gasteiger partial charge in [-0.15, -0.1) is 0 Å². The molecule has 16 heteroatoms. The number of ether oxygens (including phenoxy) is 6. The van der Waals surface area contributed by atoms with Crippen LogP contribution in [0.25, 0.3) is 43.1 Å². The second-order valence-electron chi connectivity index (χ2n) is 15.0. The van der Waals surface area contributed by atoms with Crippen molar-refractivity contribution in [3.8, 4) is 57.5 Å². The monoisotopic (exact) mass is 850 g/mol. The zero-order chi connectivity index (χ0) is 45.2. The van der Waals surface area contributed by atoms with Crippen molar-refractivity contribution in [3.63, 3.8) is 0 Å². The Bertz CT molecular complexity index is 2860. The van der Waals surface area contributed by atoms with Crippen molar-refractivity contribution in [1.82, 2.24) is 0 Å². The fourth-order valence-corrected chi connectivity index (χ4v) is 8.65. The number of carbonyl (C=O) groups excluding carboxylic acids is 2. The van der Waals surface area contributed by atoms with E-state index >= 15 is 0 Å². The Morgan fingerprint density at radius 2 is 0.855 bits per heavy atom. The van der Waals surface area contributed by atoms with E-state index in [1.165, 1.54) is 68.3 Å². The summed E-state index contributed by atoms with van der Waals surface area (Å²) in [6.07, 6.45) is -2.63. The third kappa shape index (κ3) is 6.63. The van der Waals surface area contributed by atoms with Gasteiger partial charge in [-0.05, 0) is 61.7 Å². The number of aromatic hydroxyl groups is 6. The Hall–Kier alpha value is -7.62. The lowest BCUT2D eigenvalue weighted by molar-refractivity contribution is 0.0326. The molecule has 0 saturated heterocycles. The highest BCUT2D eigenvalue weighted by Gasteiger charge is 2.34. The molecule has 0 fully saturated rings. The zero-order valence-corrected chi connectivity index (χ0v) is 34.8. The van der Waals surface area contributed by atoms with Crippen LogP contribution in [-0.2, 0) is 22.3 Å². The van der Waals surface area contributed by atoms with Crippen LogP contribution in [-0.4, -0.2) is 83.2 Å². The van der Waals surface area contributed by atoms with Crippen LogP contribution in [0.4, 0.5) is 0 Å². The van der Waals surface area contributed by atoms with Crippen molar-refractivity contribution in [2.75, 3.05) is 28.4 Å². The number of carbonyl (C=O) groups is 2. The number of phenols is 6. The van der Waals surface area contributed by atoms with E-state index in [2.05, 4.69) is 0 Å². The first kappa shape index (κ1) is 42.5. The van der Waals surface area contributed by atoms with Gasteiger partial charge in [0, 0.05) is 69.8 Å². The average molecular weight is 851 g/mol. The summed E-state index contributed by atoms with van der Waals surface area (Å²) in [5, 5.41) is 65.6. The number of aryl methyl sites for hydroxylation is 2. The average Bonchev–Trinajstić information content (AvgIpc) is 3.17. The van der Waals surface area contributed by atoms with Gasteiger partial charge in [0.1, 0.15) is 57.8 Å². The van der Waals surface area contributed by atoms with Crippen LogP contribution in [0.5, 0.6) is 57.5 Å². The van der Waals surface area contributed by atoms with Gasteiger partial charge in [0.05, 0.1) is 39.2 Å². The summed E-state index contributed by atoms with van der Waals surface area (Å²) in [4.78, 5) is 55.4. The van der Waals surface area contributed by atoms with Crippen molar-refractivity contribution in [2.45, 2.75) is 52.7 Å². The van der Waals surface area contributed by atoms with Gasteiger partial charge in [0.2, 0.25) is 0 Å². The van der Waals surface area contributed by atoms with Crippen molar-refractivity contribution < 1.29 is 68.6 Å². The fraction of sp³-hybridized carbons (Fsp3) is 0.261. The summed E-state index contributed by atoms with van der Waals surface area (Å²) in [7, 11) is 5.16. The second kappa shape index (κ2) is 15.8. The topological polar surface area (TPSA) is 245 Å². The molecule has 0 aliphatic rings. The Morgan fingerprint density at radius 3 is 1.16 bits per heavy atom. The molecule has 0 heterocycles. The molecule has 0 bridgehead atoms. The predicted molar refractivity (Wildman–Crippen MR) is 227 cm³/mol. The number of rotatable bonds is 12. The smallest absolute Gasteiger partial charge is 0.342 e. The highest BCUT2D eigenvalue weighted by Crippen LogP contribution is 2.55. The molecule has 0 spiro atoms. The molecule has 62 heavy (non-hydrogen) atoms. The molecular formula is C46H42O16. The summed E-state index contributed by atoms with van der Waals surface area (Å²) < 4.78 is 34.9. The van der Waals surface area contributed by atoms with Gasteiger partial charge in [0.25, 0.3) is 0 Å². The predicted octanol–water partition coefficient (Wildman–Crippen LogP) is 6.36. The molecule has 6 N–H and O–H groups in total. The molecule has 0 aromatic heterocycles. The molecule has 0 saturated carbocycles. The lowest BCUT2D eigenvalue weighted by atomic mass is 9.81. The normalized spacial score (nSPS) is 12.5. The molecule has 0 aliphatic heterocycles. The van der Waals surface area contributed by atoms with Crippen molar-refractivity contribution in [3.05, 3.63) is 90.2 Å². The maximum Gasteiger partial charge on any atom is 0.342 e. The molecular weight excluding hydrogens is 808 g/mol. The minimum atomic E-state index is -1.07.